The third-order valence-electron chi connectivity index (χ3n) is 4.77. The summed E-state index contributed by atoms with van der Waals surface area (Å²) >= 11 is 0. The summed E-state index contributed by atoms with van der Waals surface area (Å²) in [5.74, 6) is 1.65. The molecule has 0 aliphatic carbocycles. The predicted molar refractivity (Wildman–Crippen MR) is 98.3 cm³/mol. The van der Waals surface area contributed by atoms with Crippen molar-refractivity contribution in [3.05, 3.63) is 47.9 Å². The number of ether oxygens (including phenoxy) is 2. The fourth-order valence-electron chi connectivity index (χ4n) is 3.31. The van der Waals surface area contributed by atoms with Crippen molar-refractivity contribution in [1.29, 1.82) is 0 Å². The summed E-state index contributed by atoms with van der Waals surface area (Å²) < 4.78 is 15.9. The maximum absolute atomic E-state index is 12.8. The molecule has 0 bridgehead atoms. The molecule has 27 heavy (non-hydrogen) atoms. The van der Waals surface area contributed by atoms with Gasteiger partial charge >= 0.3 is 0 Å². The van der Waals surface area contributed by atoms with Crippen molar-refractivity contribution in [2.75, 3.05) is 27.8 Å². The molecule has 144 valence electrons. The highest BCUT2D eigenvalue weighted by atomic mass is 16.5. The van der Waals surface area contributed by atoms with Crippen molar-refractivity contribution in [2.24, 2.45) is 5.92 Å². The van der Waals surface area contributed by atoms with E-state index < -0.39 is 0 Å². The zero-order valence-electron chi connectivity index (χ0n) is 15.8. The number of nitrogens with zero attached hydrogens (tertiary/aromatic N) is 2. The second kappa shape index (κ2) is 8.16. The lowest BCUT2D eigenvalue weighted by molar-refractivity contribution is -0.135. The lowest BCUT2D eigenvalue weighted by Gasteiger charge is -2.22. The molecule has 1 aliphatic rings. The normalized spacial score (nSPS) is 16.5. The van der Waals surface area contributed by atoms with Gasteiger partial charge in [0.1, 0.15) is 17.3 Å². The maximum Gasteiger partial charge on any atom is 0.228 e. The molecule has 0 N–H and O–H groups in total. The number of furan rings is 1. The molecule has 1 unspecified atom stereocenters. The number of hydrogen-bond donors (Lipinski definition) is 0. The Balaban J connectivity index is 1.63. The Morgan fingerprint density at radius 2 is 2.11 bits per heavy atom. The standard InChI is InChI=1S/C20H24N2O5/c1-21(11-14-6-7-16(25-2)10-18(14)26-3)20(24)15-9-19(23)22(12-15)13-17-5-4-8-27-17/h4-8,10,15H,9,11-13H2,1-3H3. The third-order valence-corrected chi connectivity index (χ3v) is 4.77. The molecular formula is C20H24N2O5. The molecule has 0 spiro atoms. The highest BCUT2D eigenvalue weighted by Gasteiger charge is 2.36. The number of hydrogen-bond acceptors (Lipinski definition) is 5. The highest BCUT2D eigenvalue weighted by molar-refractivity contribution is 5.89. The van der Waals surface area contributed by atoms with Crippen LogP contribution in [0.25, 0.3) is 0 Å². The van der Waals surface area contributed by atoms with Gasteiger partial charge in [0.05, 0.1) is 32.9 Å². The number of amides is 2. The second-order valence-electron chi connectivity index (χ2n) is 6.63. The zero-order chi connectivity index (χ0) is 19.4. The summed E-state index contributed by atoms with van der Waals surface area (Å²) in [4.78, 5) is 28.4. The van der Waals surface area contributed by atoms with Gasteiger partial charge in [-0.25, -0.2) is 0 Å². The monoisotopic (exact) mass is 372 g/mol. The summed E-state index contributed by atoms with van der Waals surface area (Å²) in [5.41, 5.74) is 0.880. The topological polar surface area (TPSA) is 72.2 Å². The van der Waals surface area contributed by atoms with Crippen molar-refractivity contribution in [3.8, 4) is 11.5 Å². The Morgan fingerprint density at radius 1 is 1.30 bits per heavy atom. The molecule has 1 aromatic heterocycles. The SMILES string of the molecule is COc1ccc(CN(C)C(=O)C2CC(=O)N(Cc3ccco3)C2)c(OC)c1. The number of carbonyl (C=O) groups excluding carboxylic acids is 2. The van der Waals surface area contributed by atoms with Gasteiger partial charge in [-0.1, -0.05) is 0 Å². The van der Waals surface area contributed by atoms with E-state index in [9.17, 15) is 9.59 Å². The number of benzene rings is 1. The number of likely N-dealkylation sites (tertiary alicyclic amines) is 1. The van der Waals surface area contributed by atoms with Crippen LogP contribution in [0, 0.1) is 5.92 Å². The summed E-state index contributed by atoms with van der Waals surface area (Å²) in [6.07, 6.45) is 1.80. The molecule has 2 aromatic rings. The fourth-order valence-corrected chi connectivity index (χ4v) is 3.31. The average molecular weight is 372 g/mol. The average Bonchev–Trinajstić information content (AvgIpc) is 3.31. The van der Waals surface area contributed by atoms with E-state index in [2.05, 4.69) is 0 Å². The molecule has 1 atom stereocenters. The van der Waals surface area contributed by atoms with E-state index in [1.165, 1.54) is 0 Å². The van der Waals surface area contributed by atoms with Crippen LogP contribution in [0.15, 0.2) is 41.0 Å². The van der Waals surface area contributed by atoms with E-state index in [4.69, 9.17) is 13.9 Å². The summed E-state index contributed by atoms with van der Waals surface area (Å²) in [6.45, 7) is 1.20. The van der Waals surface area contributed by atoms with E-state index in [1.807, 2.05) is 18.2 Å². The van der Waals surface area contributed by atoms with E-state index in [-0.39, 0.29) is 24.2 Å². The van der Waals surface area contributed by atoms with Crippen LogP contribution in [-0.4, -0.2) is 49.4 Å². The van der Waals surface area contributed by atoms with Crippen LogP contribution >= 0.6 is 0 Å². The smallest absolute Gasteiger partial charge is 0.228 e. The lowest BCUT2D eigenvalue weighted by atomic mass is 10.1. The van der Waals surface area contributed by atoms with Gasteiger partial charge in [-0.05, 0) is 24.3 Å². The molecule has 7 heteroatoms. The first-order valence-electron chi connectivity index (χ1n) is 8.78. The molecule has 2 heterocycles. The Morgan fingerprint density at radius 3 is 2.78 bits per heavy atom. The predicted octanol–water partition coefficient (Wildman–Crippen LogP) is 2.30. The molecule has 0 saturated carbocycles. The van der Waals surface area contributed by atoms with Crippen molar-refractivity contribution < 1.29 is 23.5 Å². The Hall–Kier alpha value is -2.96. The number of rotatable bonds is 7. The molecular weight excluding hydrogens is 348 g/mol. The van der Waals surface area contributed by atoms with Crippen molar-refractivity contribution in [3.63, 3.8) is 0 Å². The zero-order valence-corrected chi connectivity index (χ0v) is 15.8. The molecule has 1 fully saturated rings. The summed E-state index contributed by atoms with van der Waals surface area (Å²) in [7, 11) is 4.92. The van der Waals surface area contributed by atoms with Crippen LogP contribution in [-0.2, 0) is 22.7 Å². The van der Waals surface area contributed by atoms with E-state index in [0.717, 1.165) is 5.56 Å². The van der Waals surface area contributed by atoms with Gasteiger partial charge in [0.15, 0.2) is 0 Å². The van der Waals surface area contributed by atoms with Gasteiger partial charge in [0.25, 0.3) is 0 Å². The van der Waals surface area contributed by atoms with Crippen LogP contribution in [0.4, 0.5) is 0 Å². The van der Waals surface area contributed by atoms with Crippen LogP contribution in [0.1, 0.15) is 17.7 Å². The minimum absolute atomic E-state index is 0.0276. The van der Waals surface area contributed by atoms with Gasteiger partial charge in [-0.3, -0.25) is 9.59 Å². The van der Waals surface area contributed by atoms with Gasteiger partial charge in [-0.15, -0.1) is 0 Å². The van der Waals surface area contributed by atoms with Crippen LogP contribution in [0.2, 0.25) is 0 Å². The molecule has 1 aromatic carbocycles. The fraction of sp³-hybridized carbons (Fsp3) is 0.400. The maximum atomic E-state index is 12.8. The first kappa shape index (κ1) is 18.8. The van der Waals surface area contributed by atoms with E-state index in [0.29, 0.717) is 36.9 Å². The third kappa shape index (κ3) is 4.24. The molecule has 7 nitrogen and oxygen atoms in total. The summed E-state index contributed by atoms with van der Waals surface area (Å²) in [5, 5.41) is 0. The van der Waals surface area contributed by atoms with Crippen molar-refractivity contribution >= 4 is 11.8 Å². The highest BCUT2D eigenvalue weighted by Crippen LogP contribution is 2.27. The van der Waals surface area contributed by atoms with E-state index in [1.54, 1.807) is 49.5 Å². The van der Waals surface area contributed by atoms with Gasteiger partial charge in [-0.2, -0.15) is 0 Å². The molecule has 2 amide bonds. The lowest BCUT2D eigenvalue weighted by Crippen LogP contribution is -2.34. The Labute approximate surface area is 158 Å². The van der Waals surface area contributed by atoms with Crippen LogP contribution < -0.4 is 9.47 Å². The van der Waals surface area contributed by atoms with Crippen molar-refractivity contribution in [2.45, 2.75) is 19.5 Å². The van der Waals surface area contributed by atoms with Gasteiger partial charge in [0, 0.05) is 38.2 Å². The van der Waals surface area contributed by atoms with Crippen LogP contribution in [0.5, 0.6) is 11.5 Å². The quantitative estimate of drug-likeness (QED) is 0.746. The number of methoxy groups -OCH3 is 2. The van der Waals surface area contributed by atoms with Crippen molar-refractivity contribution in [1.82, 2.24) is 9.80 Å². The number of carbonyl (C=O) groups is 2. The molecule has 1 saturated heterocycles. The Bertz CT molecular complexity index is 803. The minimum atomic E-state index is -0.346. The second-order valence-corrected chi connectivity index (χ2v) is 6.63. The largest absolute Gasteiger partial charge is 0.497 e. The molecule has 1 aliphatic heterocycles. The van der Waals surface area contributed by atoms with Gasteiger partial charge in [0.2, 0.25) is 11.8 Å². The summed E-state index contributed by atoms with van der Waals surface area (Å²) in [6, 6.07) is 9.11. The first-order valence-corrected chi connectivity index (χ1v) is 8.78. The minimum Gasteiger partial charge on any atom is -0.497 e. The molecule has 0 radical (unpaired) electrons. The Kier molecular flexibility index (Phi) is 5.69. The van der Waals surface area contributed by atoms with E-state index >= 15 is 0 Å². The van der Waals surface area contributed by atoms with Crippen LogP contribution in [0.3, 0.4) is 0 Å². The van der Waals surface area contributed by atoms with Gasteiger partial charge < -0.3 is 23.7 Å². The first-order chi connectivity index (χ1) is 13.0. The molecule has 3 rings (SSSR count).